The molecular formula is C52H86N10O10S2. The van der Waals surface area contributed by atoms with Crippen molar-refractivity contribution in [3.63, 3.8) is 0 Å². The molecule has 22 heteroatoms. The molecule has 10 atom stereocenters. The minimum Gasteiger partial charge on any atom is -0.412 e. The van der Waals surface area contributed by atoms with Gasteiger partial charge >= 0.3 is 0 Å². The van der Waals surface area contributed by atoms with Crippen molar-refractivity contribution in [2.75, 3.05) is 27.2 Å². The molecule has 2 aliphatic rings. The van der Waals surface area contributed by atoms with Crippen molar-refractivity contribution in [1.29, 1.82) is 0 Å². The number of rotatable bonds is 17. The molecule has 416 valence electrons. The Bertz CT molecular complexity index is 2240. The summed E-state index contributed by atoms with van der Waals surface area (Å²) in [6.07, 6.45) is 0.835. The van der Waals surface area contributed by atoms with Crippen LogP contribution in [-0.2, 0) is 28.8 Å². The monoisotopic (exact) mass is 1070 g/mol. The number of benzene rings is 3. The van der Waals surface area contributed by atoms with Gasteiger partial charge in [-0.25, -0.2) is 0 Å². The average molecular weight is 1080 g/mol. The highest BCUT2D eigenvalue weighted by atomic mass is 32.2. The van der Waals surface area contributed by atoms with Crippen molar-refractivity contribution in [1.82, 2.24) is 46.4 Å². The lowest BCUT2D eigenvalue weighted by Gasteiger charge is -2.36. The lowest BCUT2D eigenvalue weighted by Crippen LogP contribution is -2.59. The maximum absolute atomic E-state index is 14.0. The van der Waals surface area contributed by atoms with Gasteiger partial charge in [0, 0.05) is 35.0 Å². The molecule has 3 aromatic carbocycles. The van der Waals surface area contributed by atoms with E-state index in [1.165, 1.54) is 16.8 Å². The van der Waals surface area contributed by atoms with Crippen LogP contribution in [0.2, 0.25) is 0 Å². The zero-order chi connectivity index (χ0) is 52.1. The van der Waals surface area contributed by atoms with Crippen LogP contribution < -0.4 is 42.4 Å². The summed E-state index contributed by atoms with van der Waals surface area (Å²) >= 11 is 5.87. The minimum atomic E-state index is -0.796. The third-order valence-corrected chi connectivity index (χ3v) is 14.0. The van der Waals surface area contributed by atoms with Crippen molar-refractivity contribution in [3.8, 4) is 0 Å². The van der Waals surface area contributed by atoms with Gasteiger partial charge in [-0.1, -0.05) is 108 Å². The van der Waals surface area contributed by atoms with Crippen LogP contribution >= 0.6 is 24.6 Å². The molecule has 0 spiro atoms. The van der Waals surface area contributed by atoms with Crippen LogP contribution in [-0.4, -0.2) is 143 Å². The summed E-state index contributed by atoms with van der Waals surface area (Å²) in [5.41, 5.74) is 7.01. The van der Waals surface area contributed by atoms with E-state index in [0.717, 1.165) is 20.9 Å². The summed E-state index contributed by atoms with van der Waals surface area (Å²) in [5, 5.41) is 17.7. The SMILES string of the molecule is CN[C@@H](C)C(=O)N[C@H](C(=O)N1C[C@@H](N)C[C@H]1C(=O)N[C@H](C)c1ccccc1)C(C)(C)C.CN[C@@H](C)C(=O)N[C@H](C(=O)N1C[C@@H](NSc2cccc(S)c2)C[C@H]1C(=O)N[C@H](C)c1ccccc1)C(C)(C)C.O.O.O.O. The molecule has 5 rings (SSSR count). The third-order valence-electron chi connectivity index (χ3n) is 12.7. The van der Waals surface area contributed by atoms with E-state index in [1.54, 1.807) is 32.8 Å². The fourth-order valence-corrected chi connectivity index (χ4v) is 9.29. The Morgan fingerprint density at radius 1 is 0.595 bits per heavy atom. The number of thiol groups is 1. The number of carbonyl (C=O) groups excluding carboxylic acids is 6. The smallest absolute Gasteiger partial charge is 0.246 e. The van der Waals surface area contributed by atoms with E-state index >= 15 is 0 Å². The zero-order valence-corrected chi connectivity index (χ0v) is 46.7. The van der Waals surface area contributed by atoms with Gasteiger partial charge in [-0.15, -0.1) is 12.6 Å². The van der Waals surface area contributed by atoms with E-state index < -0.39 is 47.1 Å². The Morgan fingerprint density at radius 3 is 1.39 bits per heavy atom. The summed E-state index contributed by atoms with van der Waals surface area (Å²) < 4.78 is 3.44. The number of carbonyl (C=O) groups is 6. The Morgan fingerprint density at radius 2 is 1.00 bits per heavy atom. The first-order valence-corrected chi connectivity index (χ1v) is 25.4. The summed E-state index contributed by atoms with van der Waals surface area (Å²) in [6, 6.07) is 22.5. The summed E-state index contributed by atoms with van der Waals surface area (Å²) in [4.78, 5) is 84.5. The van der Waals surface area contributed by atoms with E-state index in [2.05, 4.69) is 49.3 Å². The Hall–Kier alpha value is -5.14. The quantitative estimate of drug-likeness (QED) is 0.0683. The highest BCUT2D eigenvalue weighted by molar-refractivity contribution is 7.97. The number of likely N-dealkylation sites (tertiary alicyclic amines) is 2. The topological polar surface area (TPSA) is 345 Å². The number of amides is 6. The Balaban J connectivity index is 0.00000140. The van der Waals surface area contributed by atoms with Gasteiger partial charge in [0.15, 0.2) is 0 Å². The first-order valence-electron chi connectivity index (χ1n) is 24.1. The first-order chi connectivity index (χ1) is 32.9. The lowest BCUT2D eigenvalue weighted by atomic mass is 9.85. The summed E-state index contributed by atoms with van der Waals surface area (Å²) in [6.45, 7) is 19.4. The van der Waals surface area contributed by atoms with Crippen molar-refractivity contribution in [2.45, 2.75) is 152 Å². The number of nitrogens with zero attached hydrogens (tertiary/aromatic N) is 2. The molecule has 0 aliphatic carbocycles. The average Bonchev–Trinajstić information content (AvgIpc) is 3.95. The minimum absolute atomic E-state index is 0. The van der Waals surface area contributed by atoms with Crippen molar-refractivity contribution < 1.29 is 50.7 Å². The second-order valence-corrected chi connectivity index (χ2v) is 22.0. The number of hydrogen-bond acceptors (Lipinski definition) is 12. The summed E-state index contributed by atoms with van der Waals surface area (Å²) in [7, 11) is 3.39. The summed E-state index contributed by atoms with van der Waals surface area (Å²) in [5.74, 6) is -1.53. The molecule has 74 heavy (non-hydrogen) atoms. The molecule has 20 nitrogen and oxygen atoms in total. The van der Waals surface area contributed by atoms with Crippen LogP contribution in [0.3, 0.4) is 0 Å². The highest BCUT2D eigenvalue weighted by Gasteiger charge is 2.46. The maximum Gasteiger partial charge on any atom is 0.246 e. The maximum atomic E-state index is 14.0. The predicted octanol–water partition coefficient (Wildman–Crippen LogP) is 1.19. The van der Waals surface area contributed by atoms with Gasteiger partial charge in [0.2, 0.25) is 35.4 Å². The van der Waals surface area contributed by atoms with E-state index in [1.807, 2.05) is 140 Å². The molecule has 17 N–H and O–H groups in total. The number of likely N-dealkylation sites (N-methyl/N-ethyl adjacent to an activating group) is 2. The van der Waals surface area contributed by atoms with Gasteiger partial charge in [-0.3, -0.25) is 33.5 Å². The first kappa shape index (κ1) is 68.9. The Kier molecular flexibility index (Phi) is 28.9. The van der Waals surface area contributed by atoms with Crippen molar-refractivity contribution >= 4 is 60.0 Å². The van der Waals surface area contributed by atoms with Crippen LogP contribution in [0, 0.1) is 10.8 Å². The lowest BCUT2D eigenvalue weighted by molar-refractivity contribution is -0.144. The van der Waals surface area contributed by atoms with Gasteiger partial charge in [0.05, 0.1) is 24.2 Å². The van der Waals surface area contributed by atoms with Gasteiger partial charge in [0.25, 0.3) is 0 Å². The van der Waals surface area contributed by atoms with Crippen LogP contribution in [0.4, 0.5) is 0 Å². The molecular weight excluding hydrogens is 989 g/mol. The van der Waals surface area contributed by atoms with E-state index in [0.29, 0.717) is 19.4 Å². The van der Waals surface area contributed by atoms with Crippen LogP contribution in [0.25, 0.3) is 0 Å². The van der Waals surface area contributed by atoms with E-state index in [-0.39, 0.29) is 88.1 Å². The van der Waals surface area contributed by atoms with Crippen LogP contribution in [0.1, 0.15) is 105 Å². The van der Waals surface area contributed by atoms with E-state index in [4.69, 9.17) is 5.73 Å². The zero-order valence-electron chi connectivity index (χ0n) is 45.0. The number of nitrogens with one attached hydrogen (secondary N) is 7. The molecule has 0 unspecified atom stereocenters. The molecule has 2 heterocycles. The molecule has 2 aliphatic heterocycles. The van der Waals surface area contributed by atoms with Crippen molar-refractivity contribution in [3.05, 3.63) is 96.1 Å². The third kappa shape index (κ3) is 19.5. The fourth-order valence-electron chi connectivity index (χ4n) is 8.17. The second-order valence-electron chi connectivity index (χ2n) is 20.6. The molecule has 0 radical (unpaired) electrons. The van der Waals surface area contributed by atoms with Gasteiger partial charge in [0.1, 0.15) is 24.2 Å². The molecule has 6 amide bonds. The van der Waals surface area contributed by atoms with Crippen LogP contribution in [0.15, 0.2) is 94.7 Å². The molecule has 3 aromatic rings. The molecule has 2 saturated heterocycles. The largest absolute Gasteiger partial charge is 0.412 e. The molecule has 0 bridgehead atoms. The van der Waals surface area contributed by atoms with E-state index in [9.17, 15) is 28.8 Å². The number of nitrogens with two attached hydrogens (primary N) is 1. The fraction of sp³-hybridized carbons (Fsp3) is 0.538. The van der Waals surface area contributed by atoms with Gasteiger partial charge in [-0.05, 0) is 107 Å². The Labute approximate surface area is 447 Å². The standard InChI is InChI=1S/C29H41N5O3S2.C23H37N5O3.4H2O/c1-18(20-11-8-7-9-12-20)31-27(36)24-15-21(33-39-23-14-10-13-22(38)16-23)17-34(24)28(37)25(29(3,4)5)32-26(35)19(2)30-6;1-14(16-10-8-7-9-11-16)26-21(30)18-12-17(24)13-28(18)22(31)19(23(3,4)5)27-20(29)15(2)25-6;;;;/h7-14,16,18-19,21,24-25,30,33,38H,15,17H2,1-6H3,(H,31,36)(H,32,35);7-11,14-15,17-19,25H,12-13,24H2,1-6H3,(H,26,30)(H,27,29);4*1H2/t18-,19+,21+,24+,25-;14-,15+,17+,18+,19-;;;;/m11..../s1. The number of hydrogen-bond donors (Lipinski definition) is 9. The normalized spacial score (nSPS) is 19.5. The van der Waals surface area contributed by atoms with Gasteiger partial charge < -0.3 is 69.3 Å². The highest BCUT2D eigenvalue weighted by Crippen LogP contribution is 2.30. The second kappa shape index (κ2) is 31.0. The van der Waals surface area contributed by atoms with Gasteiger partial charge in [-0.2, -0.15) is 0 Å². The van der Waals surface area contributed by atoms with Crippen molar-refractivity contribution in [2.24, 2.45) is 16.6 Å². The molecule has 2 fully saturated rings. The molecule has 0 aromatic heterocycles. The van der Waals surface area contributed by atoms with Crippen LogP contribution in [0.5, 0.6) is 0 Å². The molecule has 0 saturated carbocycles. The predicted molar refractivity (Wildman–Crippen MR) is 295 cm³/mol.